The molecule has 0 saturated carbocycles. The third-order valence-electron chi connectivity index (χ3n) is 1.97. The molecular weight excluding hydrogens is 148 g/mol. The van der Waals surface area contributed by atoms with Gasteiger partial charge in [0.05, 0.1) is 0 Å². The van der Waals surface area contributed by atoms with Gasteiger partial charge < -0.3 is 10.6 Å². The molecule has 0 aromatic carbocycles. The lowest BCUT2D eigenvalue weighted by Gasteiger charge is -2.19. The summed E-state index contributed by atoms with van der Waals surface area (Å²) in [7, 11) is 2.14. The Balaban J connectivity index is 3.43. The number of nitrogens with zero attached hydrogens (tertiary/aromatic N) is 1. The average molecular weight is 170 g/mol. The zero-order valence-electron chi connectivity index (χ0n) is 8.75. The van der Waals surface area contributed by atoms with E-state index in [1.165, 1.54) is 0 Å². The zero-order valence-corrected chi connectivity index (χ0v) is 8.75. The van der Waals surface area contributed by atoms with Crippen molar-refractivity contribution in [2.75, 3.05) is 13.6 Å². The summed E-state index contributed by atoms with van der Waals surface area (Å²) in [6, 6.07) is 0.822. The highest BCUT2D eigenvalue weighted by Crippen LogP contribution is 1.96. The highest BCUT2D eigenvalue weighted by atomic mass is 15.1. The van der Waals surface area contributed by atoms with Crippen LogP contribution < -0.4 is 5.73 Å². The third kappa shape index (κ3) is 6.38. The Morgan fingerprint density at radius 1 is 1.33 bits per heavy atom. The van der Waals surface area contributed by atoms with E-state index in [1.807, 2.05) is 13.0 Å². The molecule has 12 heavy (non-hydrogen) atoms. The molecule has 0 rings (SSSR count). The Hall–Kier alpha value is -0.340. The van der Waals surface area contributed by atoms with E-state index >= 15 is 0 Å². The van der Waals surface area contributed by atoms with Crippen LogP contribution in [0.5, 0.6) is 0 Å². The molecule has 2 heteroatoms. The van der Waals surface area contributed by atoms with E-state index in [4.69, 9.17) is 5.73 Å². The van der Waals surface area contributed by atoms with Crippen LogP contribution in [0.3, 0.4) is 0 Å². The minimum Gasteiger partial charge on any atom is -0.325 e. The Labute approximate surface area is 76.4 Å². The minimum atomic E-state index is 0.189. The van der Waals surface area contributed by atoms with Crippen LogP contribution in [0.15, 0.2) is 12.2 Å². The van der Waals surface area contributed by atoms with Gasteiger partial charge in [0.1, 0.15) is 0 Å². The van der Waals surface area contributed by atoms with E-state index in [2.05, 4.69) is 31.9 Å². The highest BCUT2D eigenvalue weighted by Gasteiger charge is 1.99. The molecule has 2 N–H and O–H groups in total. The summed E-state index contributed by atoms with van der Waals surface area (Å²) in [5.41, 5.74) is 5.57. The van der Waals surface area contributed by atoms with Crippen molar-refractivity contribution >= 4 is 0 Å². The molecule has 0 saturated heterocycles. The van der Waals surface area contributed by atoms with Crippen molar-refractivity contribution in [3.05, 3.63) is 12.2 Å². The van der Waals surface area contributed by atoms with Crippen molar-refractivity contribution in [1.29, 1.82) is 0 Å². The van der Waals surface area contributed by atoms with Gasteiger partial charge in [-0.25, -0.2) is 0 Å². The third-order valence-corrected chi connectivity index (χ3v) is 1.97. The Morgan fingerprint density at radius 2 is 1.92 bits per heavy atom. The van der Waals surface area contributed by atoms with Crippen molar-refractivity contribution < 1.29 is 0 Å². The standard InChI is InChI=1S/C10H22N2/c1-9(2)12(4)8-6-5-7-10(3)11/h5,7,9-10H,6,8,11H2,1-4H3/b7-5+. The lowest BCUT2D eigenvalue weighted by Crippen LogP contribution is -2.26. The summed E-state index contributed by atoms with van der Waals surface area (Å²) < 4.78 is 0. The molecule has 72 valence electrons. The van der Waals surface area contributed by atoms with Gasteiger partial charge in [-0.3, -0.25) is 0 Å². The van der Waals surface area contributed by atoms with Crippen molar-refractivity contribution in [3.63, 3.8) is 0 Å². The van der Waals surface area contributed by atoms with E-state index in [-0.39, 0.29) is 6.04 Å². The van der Waals surface area contributed by atoms with Gasteiger partial charge in [0.2, 0.25) is 0 Å². The van der Waals surface area contributed by atoms with Gasteiger partial charge in [-0.15, -0.1) is 0 Å². The van der Waals surface area contributed by atoms with Crippen molar-refractivity contribution in [2.24, 2.45) is 5.73 Å². The molecule has 0 spiro atoms. The molecule has 1 atom stereocenters. The molecule has 0 heterocycles. The molecule has 0 fully saturated rings. The van der Waals surface area contributed by atoms with Crippen LogP contribution in [-0.2, 0) is 0 Å². The normalized spacial score (nSPS) is 14.9. The molecule has 0 bridgehead atoms. The van der Waals surface area contributed by atoms with Gasteiger partial charge in [-0.2, -0.15) is 0 Å². The SMILES string of the molecule is CC(N)/C=C/CCN(C)C(C)C. The van der Waals surface area contributed by atoms with Crippen LogP contribution in [0.2, 0.25) is 0 Å². The first-order chi connectivity index (χ1) is 5.54. The fourth-order valence-corrected chi connectivity index (χ4v) is 0.847. The van der Waals surface area contributed by atoms with E-state index in [0.717, 1.165) is 13.0 Å². The van der Waals surface area contributed by atoms with Gasteiger partial charge in [0.25, 0.3) is 0 Å². The summed E-state index contributed by atoms with van der Waals surface area (Å²) >= 11 is 0. The topological polar surface area (TPSA) is 29.3 Å². The molecule has 2 nitrogen and oxygen atoms in total. The number of rotatable bonds is 5. The minimum absolute atomic E-state index is 0.189. The predicted octanol–water partition coefficient (Wildman–Crippen LogP) is 1.62. The van der Waals surface area contributed by atoms with Crippen molar-refractivity contribution in [1.82, 2.24) is 4.90 Å². The first-order valence-electron chi connectivity index (χ1n) is 4.66. The van der Waals surface area contributed by atoms with E-state index in [1.54, 1.807) is 0 Å². The second kappa shape index (κ2) is 6.21. The maximum Gasteiger partial charge on any atom is 0.0194 e. The van der Waals surface area contributed by atoms with Gasteiger partial charge >= 0.3 is 0 Å². The molecule has 0 aliphatic rings. The van der Waals surface area contributed by atoms with E-state index < -0.39 is 0 Å². The summed E-state index contributed by atoms with van der Waals surface area (Å²) in [6.45, 7) is 7.51. The predicted molar refractivity (Wildman–Crippen MR) is 55.2 cm³/mol. The molecule has 0 amide bonds. The van der Waals surface area contributed by atoms with Gasteiger partial charge in [-0.1, -0.05) is 12.2 Å². The molecule has 0 aliphatic heterocycles. The van der Waals surface area contributed by atoms with E-state index in [9.17, 15) is 0 Å². The van der Waals surface area contributed by atoms with Crippen molar-refractivity contribution in [2.45, 2.75) is 39.3 Å². The highest BCUT2D eigenvalue weighted by molar-refractivity contribution is 4.89. The molecule has 0 radical (unpaired) electrons. The van der Waals surface area contributed by atoms with Crippen LogP contribution in [0.1, 0.15) is 27.2 Å². The van der Waals surface area contributed by atoms with Crippen LogP contribution in [0.4, 0.5) is 0 Å². The van der Waals surface area contributed by atoms with Crippen LogP contribution in [-0.4, -0.2) is 30.6 Å². The number of nitrogens with two attached hydrogens (primary N) is 1. The van der Waals surface area contributed by atoms with Crippen LogP contribution >= 0.6 is 0 Å². The van der Waals surface area contributed by atoms with Gasteiger partial charge in [-0.05, 0) is 34.2 Å². The fraction of sp³-hybridized carbons (Fsp3) is 0.800. The van der Waals surface area contributed by atoms with Crippen LogP contribution in [0.25, 0.3) is 0 Å². The number of hydrogen-bond donors (Lipinski definition) is 1. The molecule has 1 unspecified atom stereocenters. The number of hydrogen-bond acceptors (Lipinski definition) is 2. The molecule has 0 aromatic heterocycles. The van der Waals surface area contributed by atoms with E-state index in [0.29, 0.717) is 6.04 Å². The first kappa shape index (κ1) is 11.7. The zero-order chi connectivity index (χ0) is 9.56. The second-order valence-electron chi connectivity index (χ2n) is 3.65. The summed E-state index contributed by atoms with van der Waals surface area (Å²) in [4.78, 5) is 2.32. The van der Waals surface area contributed by atoms with Crippen molar-refractivity contribution in [3.8, 4) is 0 Å². The van der Waals surface area contributed by atoms with Gasteiger partial charge in [0.15, 0.2) is 0 Å². The quantitative estimate of drug-likeness (QED) is 0.635. The second-order valence-corrected chi connectivity index (χ2v) is 3.65. The molecule has 0 aromatic rings. The van der Waals surface area contributed by atoms with Crippen LogP contribution in [0, 0.1) is 0 Å². The Bertz CT molecular complexity index is 128. The smallest absolute Gasteiger partial charge is 0.0194 e. The first-order valence-corrected chi connectivity index (χ1v) is 4.66. The Morgan fingerprint density at radius 3 is 2.33 bits per heavy atom. The fourth-order valence-electron chi connectivity index (χ4n) is 0.847. The summed E-state index contributed by atoms with van der Waals surface area (Å²) in [5.74, 6) is 0. The monoisotopic (exact) mass is 170 g/mol. The maximum atomic E-state index is 5.57. The lowest BCUT2D eigenvalue weighted by atomic mass is 10.2. The lowest BCUT2D eigenvalue weighted by molar-refractivity contribution is 0.279. The summed E-state index contributed by atoms with van der Waals surface area (Å²) in [6.07, 6.45) is 5.30. The Kier molecular flexibility index (Phi) is 6.03. The summed E-state index contributed by atoms with van der Waals surface area (Å²) in [5, 5.41) is 0. The largest absolute Gasteiger partial charge is 0.325 e. The molecular formula is C10H22N2. The molecule has 0 aliphatic carbocycles. The maximum absolute atomic E-state index is 5.57. The van der Waals surface area contributed by atoms with Gasteiger partial charge in [0, 0.05) is 18.6 Å². The average Bonchev–Trinajstić information content (AvgIpc) is 1.97.